The highest BCUT2D eigenvalue weighted by molar-refractivity contribution is 7.13. The zero-order valence-corrected chi connectivity index (χ0v) is 43.3. The lowest BCUT2D eigenvalue weighted by molar-refractivity contribution is -0.144. The summed E-state index contributed by atoms with van der Waals surface area (Å²) in [7, 11) is 0. The molecule has 8 rings (SSSR count). The smallest absolute Gasteiger partial charge is 0.246 e. The summed E-state index contributed by atoms with van der Waals surface area (Å²) < 4.78 is 22.5. The number of anilines is 3. The van der Waals surface area contributed by atoms with E-state index in [1.54, 1.807) is 23.5 Å². The molecule has 0 radical (unpaired) electrons. The quantitative estimate of drug-likeness (QED) is 0.0541. The van der Waals surface area contributed by atoms with Gasteiger partial charge in [0, 0.05) is 62.1 Å². The minimum atomic E-state index is -0.966. The molecular formula is C54H68N10O9S. The van der Waals surface area contributed by atoms with Crippen LogP contribution in [-0.2, 0) is 39.9 Å². The third kappa shape index (κ3) is 13.8. The number of para-hydroxylation sites is 1. The number of ether oxygens (including phenoxy) is 4. The second kappa shape index (κ2) is 25.1. The number of fused-ring (bicyclic) bond motifs is 2. The number of aromatic nitrogens is 4. The van der Waals surface area contributed by atoms with E-state index in [1.807, 2.05) is 94.0 Å². The average molecular weight is 1030 g/mol. The number of nitrogens with two attached hydrogens (primary N) is 1. The predicted molar refractivity (Wildman–Crippen MR) is 283 cm³/mol. The molecule has 6 heterocycles. The first-order chi connectivity index (χ1) is 35.7. The van der Waals surface area contributed by atoms with Crippen molar-refractivity contribution in [3.63, 3.8) is 0 Å². The summed E-state index contributed by atoms with van der Waals surface area (Å²) in [6.45, 7) is 11.3. The summed E-state index contributed by atoms with van der Waals surface area (Å²) in [5.74, 6) is -0.775. The Labute approximate surface area is 436 Å². The van der Waals surface area contributed by atoms with E-state index < -0.39 is 35.4 Å². The van der Waals surface area contributed by atoms with Crippen LogP contribution in [-0.4, -0.2) is 156 Å². The molecule has 20 heteroatoms. The molecule has 6 N–H and O–H groups in total. The summed E-state index contributed by atoms with van der Waals surface area (Å²) in [5, 5.41) is 35.2. The number of piperazine rings is 1. The Bertz CT molecular complexity index is 2700. The number of benzene rings is 2. The SMILES string of the molecule is Cc1ncsc1-c1ccc(CNC(=O)[C@@H]2C[C@@H](O)CN2C(=O)[C@@H](NC(=O)COCCOCCOCCOC/C=C/c2cc(N3C4CCC3CN(c3cc(-c5ccccc5O)nnc3N)C4)ccn2)C(C)(C)C)cc1. The van der Waals surface area contributed by atoms with Gasteiger partial charge in [-0.2, -0.15) is 0 Å². The van der Waals surface area contributed by atoms with E-state index >= 15 is 0 Å². The topological polar surface area (TPSA) is 240 Å². The van der Waals surface area contributed by atoms with Crippen LogP contribution >= 0.6 is 11.3 Å². The van der Waals surface area contributed by atoms with Gasteiger partial charge in [-0.1, -0.05) is 63.2 Å². The molecular weight excluding hydrogens is 965 g/mol. The molecule has 19 nitrogen and oxygen atoms in total. The lowest BCUT2D eigenvalue weighted by atomic mass is 9.85. The number of hydrogen-bond donors (Lipinski definition) is 5. The molecule has 3 saturated heterocycles. The van der Waals surface area contributed by atoms with E-state index in [4.69, 9.17) is 24.7 Å². The van der Waals surface area contributed by atoms with E-state index in [0.29, 0.717) is 62.2 Å². The number of nitrogens with zero attached hydrogens (tertiary/aromatic N) is 7. The fraction of sp³-hybridized carbons (Fsp3) is 0.463. The maximum atomic E-state index is 14.0. The number of thiazole rings is 1. The number of phenolic OH excluding ortho intramolecular Hbond substituents is 1. The zero-order chi connectivity index (χ0) is 52.2. The highest BCUT2D eigenvalue weighted by Gasteiger charge is 2.45. The van der Waals surface area contributed by atoms with Crippen LogP contribution in [0.3, 0.4) is 0 Å². The molecule has 0 saturated carbocycles. The van der Waals surface area contributed by atoms with Crippen molar-refractivity contribution >= 4 is 52.3 Å². The highest BCUT2D eigenvalue weighted by atomic mass is 32.1. The van der Waals surface area contributed by atoms with E-state index in [-0.39, 0.29) is 51.0 Å². The molecule has 2 aromatic carbocycles. The monoisotopic (exact) mass is 1030 g/mol. The minimum Gasteiger partial charge on any atom is -0.507 e. The molecule has 394 valence electrons. The van der Waals surface area contributed by atoms with Gasteiger partial charge in [0.25, 0.3) is 0 Å². The Balaban J connectivity index is 0.679. The van der Waals surface area contributed by atoms with Crippen molar-refractivity contribution in [2.75, 3.05) is 88.0 Å². The number of aliphatic hydroxyl groups excluding tert-OH is 1. The molecule has 3 fully saturated rings. The summed E-state index contributed by atoms with van der Waals surface area (Å²) >= 11 is 1.57. The van der Waals surface area contributed by atoms with Crippen molar-refractivity contribution in [1.29, 1.82) is 0 Å². The van der Waals surface area contributed by atoms with Crippen LogP contribution in [0, 0.1) is 12.3 Å². The number of β-amino-alcohol motifs (C(OH)–C–C–N with tert-alkyl or cyclic N) is 1. The van der Waals surface area contributed by atoms with Crippen molar-refractivity contribution < 1.29 is 43.5 Å². The van der Waals surface area contributed by atoms with Gasteiger partial charge < -0.3 is 60.2 Å². The van der Waals surface area contributed by atoms with Gasteiger partial charge in [0.2, 0.25) is 17.7 Å². The van der Waals surface area contributed by atoms with Gasteiger partial charge in [-0.25, -0.2) is 4.98 Å². The third-order valence-electron chi connectivity index (χ3n) is 13.4. The molecule has 5 aromatic rings. The molecule has 2 unspecified atom stereocenters. The number of nitrogen functional groups attached to an aromatic ring is 1. The summed E-state index contributed by atoms with van der Waals surface area (Å²) in [6.07, 6.45) is 7.09. The molecule has 3 aromatic heterocycles. The number of aromatic hydroxyl groups is 1. The number of nitrogens with one attached hydrogen (secondary N) is 2. The number of carbonyl (C=O) groups is 3. The predicted octanol–water partition coefficient (Wildman–Crippen LogP) is 5.00. The normalized spacial score (nSPS) is 19.1. The fourth-order valence-electron chi connectivity index (χ4n) is 9.70. The largest absolute Gasteiger partial charge is 0.507 e. The molecule has 3 aliphatic rings. The number of aliphatic hydroxyl groups is 1. The lowest BCUT2D eigenvalue weighted by Crippen LogP contribution is -2.58. The Hall–Kier alpha value is -6.55. The number of rotatable bonds is 23. The molecule has 0 aliphatic carbocycles. The molecule has 3 amide bonds. The molecule has 74 heavy (non-hydrogen) atoms. The van der Waals surface area contributed by atoms with E-state index in [1.165, 1.54) is 4.90 Å². The Morgan fingerprint density at radius 2 is 1.59 bits per heavy atom. The maximum absolute atomic E-state index is 14.0. The molecule has 2 bridgehead atoms. The van der Waals surface area contributed by atoms with Crippen LogP contribution in [0.1, 0.15) is 57.0 Å². The molecule has 3 aliphatic heterocycles. The van der Waals surface area contributed by atoms with E-state index in [0.717, 1.165) is 64.7 Å². The van der Waals surface area contributed by atoms with E-state index in [9.17, 15) is 24.6 Å². The lowest BCUT2D eigenvalue weighted by Gasteiger charge is -2.43. The Morgan fingerprint density at radius 1 is 0.892 bits per heavy atom. The summed E-state index contributed by atoms with van der Waals surface area (Å²) in [6, 6.07) is 19.8. The number of amides is 3. The van der Waals surface area contributed by atoms with Gasteiger partial charge in [0.15, 0.2) is 5.82 Å². The second-order valence-electron chi connectivity index (χ2n) is 19.9. The van der Waals surface area contributed by atoms with Crippen LogP contribution < -0.4 is 26.2 Å². The van der Waals surface area contributed by atoms with Gasteiger partial charge in [-0.15, -0.1) is 21.5 Å². The van der Waals surface area contributed by atoms with Gasteiger partial charge >= 0.3 is 0 Å². The molecule has 0 spiro atoms. The van der Waals surface area contributed by atoms with Crippen LogP contribution in [0.5, 0.6) is 5.75 Å². The van der Waals surface area contributed by atoms with Crippen molar-refractivity contribution in [3.05, 3.63) is 101 Å². The fourth-order valence-corrected chi connectivity index (χ4v) is 10.5. The third-order valence-corrected chi connectivity index (χ3v) is 14.4. The van der Waals surface area contributed by atoms with Gasteiger partial charge in [0.1, 0.15) is 24.4 Å². The summed E-state index contributed by atoms with van der Waals surface area (Å²) in [5.41, 5.74) is 14.4. The molecule has 5 atom stereocenters. The number of aryl methyl sites for hydroxylation is 1. The number of phenols is 1. The van der Waals surface area contributed by atoms with Crippen LogP contribution in [0.25, 0.3) is 27.8 Å². The van der Waals surface area contributed by atoms with Crippen molar-refractivity contribution in [3.8, 4) is 27.4 Å². The Kier molecular flexibility index (Phi) is 18.2. The highest BCUT2D eigenvalue weighted by Crippen LogP contribution is 2.39. The van der Waals surface area contributed by atoms with Gasteiger partial charge in [-0.05, 0) is 72.7 Å². The summed E-state index contributed by atoms with van der Waals surface area (Å²) in [4.78, 5) is 56.5. The van der Waals surface area contributed by atoms with Crippen LogP contribution in [0.2, 0.25) is 0 Å². The van der Waals surface area contributed by atoms with Crippen LogP contribution in [0.4, 0.5) is 17.2 Å². The standard InChI is InChI=1S/C54H68N10O9S/c1-35-49(74-34-58-35)37-13-11-36(12-14-37)29-57-52(68)46-27-42(65)32-63(46)53(69)50(54(2,3)4)59-48(67)33-73-25-24-72-23-22-71-21-20-70-19-7-8-38-26-39(17-18-56-38)64-40-15-16-41(64)31-62(30-40)45-28-44(60-61-51(45)55)43-9-5-6-10-47(43)66/h5-14,17-18,26,28,34,40-42,46,50,65-66H,15-16,19-25,27,29-33H2,1-4H3,(H2,55,61)(H,57,68)(H,59,67)/b8-7+/t40?,41?,42-,46+,50-/m1/s1. The van der Waals surface area contributed by atoms with Gasteiger partial charge in [0.05, 0.1) is 85.5 Å². The van der Waals surface area contributed by atoms with Crippen molar-refractivity contribution in [2.45, 2.75) is 83.8 Å². The number of pyridine rings is 1. The number of likely N-dealkylation sites (tertiary alicyclic amines) is 1. The first kappa shape index (κ1) is 53.7. The van der Waals surface area contributed by atoms with Gasteiger partial charge in [-0.3, -0.25) is 19.4 Å². The Morgan fingerprint density at radius 3 is 2.28 bits per heavy atom. The van der Waals surface area contributed by atoms with Crippen molar-refractivity contribution in [2.24, 2.45) is 5.41 Å². The average Bonchev–Trinajstić information content (AvgIpc) is 4.08. The first-order valence-electron chi connectivity index (χ1n) is 25.2. The second-order valence-corrected chi connectivity index (χ2v) is 20.7. The van der Waals surface area contributed by atoms with Crippen molar-refractivity contribution in [1.82, 2.24) is 35.7 Å². The minimum absolute atomic E-state index is 0.0170. The zero-order valence-electron chi connectivity index (χ0n) is 42.5. The van der Waals surface area contributed by atoms with Crippen LogP contribution in [0.15, 0.2) is 84.5 Å². The van der Waals surface area contributed by atoms with E-state index in [2.05, 4.69) is 52.7 Å². The first-order valence-corrected chi connectivity index (χ1v) is 26.0. The number of carbonyl (C=O) groups excluding carboxylic acids is 3. The maximum Gasteiger partial charge on any atom is 0.246 e. The number of hydrogen-bond acceptors (Lipinski definition) is 17.